The summed E-state index contributed by atoms with van der Waals surface area (Å²) in [7, 11) is 0. The Kier molecular flexibility index (Phi) is 5.90. The zero-order chi connectivity index (χ0) is 13.5. The van der Waals surface area contributed by atoms with Gasteiger partial charge in [-0.1, -0.05) is 47.5 Å². The summed E-state index contributed by atoms with van der Waals surface area (Å²) in [5.74, 6) is 2.04. The normalized spacial score (nSPS) is 10.4. The van der Waals surface area contributed by atoms with Crippen molar-refractivity contribution in [1.82, 2.24) is 0 Å². The molecule has 0 spiro atoms. The van der Waals surface area contributed by atoms with E-state index in [0.717, 1.165) is 33.8 Å². The summed E-state index contributed by atoms with van der Waals surface area (Å²) in [5.41, 5.74) is 2.29. The maximum absolute atomic E-state index is 6.07. The first-order valence-corrected chi connectivity index (χ1v) is 7.97. The lowest BCUT2D eigenvalue weighted by Crippen LogP contribution is -2.04. The van der Waals surface area contributed by atoms with Gasteiger partial charge >= 0.3 is 0 Å². The topological polar surface area (TPSA) is 12.0 Å². The van der Waals surface area contributed by atoms with Crippen LogP contribution in [0, 0.1) is 0 Å². The molecular weight excluding hydrogens is 297 g/mol. The number of hydrogen-bond acceptors (Lipinski definition) is 2. The molecule has 4 heteroatoms. The van der Waals surface area contributed by atoms with Crippen LogP contribution in [0.15, 0.2) is 48.5 Å². The zero-order valence-electron chi connectivity index (χ0n) is 10.4. The molecule has 0 radical (unpaired) electrons. The number of para-hydroxylation sites is 1. The minimum Gasteiger partial charge on any atom is -0.383 e. The molecule has 0 unspecified atom stereocenters. The molecule has 2 aromatic rings. The largest absolute Gasteiger partial charge is 0.383 e. The third-order valence-electron chi connectivity index (χ3n) is 2.62. The van der Waals surface area contributed by atoms with E-state index in [0.29, 0.717) is 0 Å². The average molecular weight is 312 g/mol. The molecule has 19 heavy (non-hydrogen) atoms. The van der Waals surface area contributed by atoms with E-state index in [9.17, 15) is 0 Å². The van der Waals surface area contributed by atoms with Crippen LogP contribution in [0.4, 0.5) is 5.69 Å². The molecule has 0 aliphatic rings. The molecule has 1 nitrogen and oxygen atoms in total. The van der Waals surface area contributed by atoms with Crippen LogP contribution in [-0.2, 0) is 5.75 Å². The molecule has 0 saturated heterocycles. The smallest absolute Gasteiger partial charge is 0.0637 e. The highest BCUT2D eigenvalue weighted by Crippen LogP contribution is 2.20. The Balaban J connectivity index is 1.67. The van der Waals surface area contributed by atoms with Crippen molar-refractivity contribution in [3.05, 3.63) is 64.1 Å². The standard InChI is InChI=1S/C15H15Cl2NS/c16-13-7-5-12(6-8-13)11-19-10-9-18-15-4-2-1-3-14(15)17/h1-8,18H,9-11H2. The van der Waals surface area contributed by atoms with E-state index in [4.69, 9.17) is 23.2 Å². The molecule has 0 heterocycles. The van der Waals surface area contributed by atoms with Gasteiger partial charge in [0.25, 0.3) is 0 Å². The van der Waals surface area contributed by atoms with Crippen LogP contribution in [0.5, 0.6) is 0 Å². The Bertz CT molecular complexity index is 514. The molecular formula is C15H15Cl2NS. The first-order chi connectivity index (χ1) is 9.25. The molecule has 0 atom stereocenters. The Labute approximate surface area is 128 Å². The number of anilines is 1. The minimum atomic E-state index is 0.769. The second-order valence-corrected chi connectivity index (χ2v) is 6.03. The van der Waals surface area contributed by atoms with Gasteiger partial charge in [0.15, 0.2) is 0 Å². The van der Waals surface area contributed by atoms with Crippen molar-refractivity contribution in [3.8, 4) is 0 Å². The van der Waals surface area contributed by atoms with Crippen molar-refractivity contribution in [1.29, 1.82) is 0 Å². The maximum Gasteiger partial charge on any atom is 0.0637 e. The second kappa shape index (κ2) is 7.68. The van der Waals surface area contributed by atoms with Gasteiger partial charge in [-0.3, -0.25) is 0 Å². The Morgan fingerprint density at radius 2 is 1.68 bits per heavy atom. The summed E-state index contributed by atoms with van der Waals surface area (Å²) in [6.45, 7) is 0.905. The fraction of sp³-hybridized carbons (Fsp3) is 0.200. The molecule has 0 saturated carbocycles. The summed E-state index contributed by atoms with van der Waals surface area (Å²) < 4.78 is 0. The third-order valence-corrected chi connectivity index (χ3v) is 4.23. The number of thioether (sulfide) groups is 1. The lowest BCUT2D eigenvalue weighted by Gasteiger charge is -2.08. The molecule has 0 aliphatic carbocycles. The van der Waals surface area contributed by atoms with E-state index in [1.54, 1.807) is 0 Å². The van der Waals surface area contributed by atoms with E-state index >= 15 is 0 Å². The van der Waals surface area contributed by atoms with E-state index in [1.165, 1.54) is 5.56 Å². The van der Waals surface area contributed by atoms with Crippen molar-refractivity contribution >= 4 is 40.7 Å². The molecule has 0 bridgehead atoms. The number of hydrogen-bond donors (Lipinski definition) is 1. The fourth-order valence-corrected chi connectivity index (χ4v) is 2.78. The second-order valence-electron chi connectivity index (χ2n) is 4.09. The van der Waals surface area contributed by atoms with Crippen LogP contribution in [0.2, 0.25) is 10.0 Å². The summed E-state index contributed by atoms with van der Waals surface area (Å²) in [4.78, 5) is 0. The van der Waals surface area contributed by atoms with Gasteiger partial charge in [-0.2, -0.15) is 11.8 Å². The highest BCUT2D eigenvalue weighted by Gasteiger charge is 1.98. The molecule has 0 amide bonds. The van der Waals surface area contributed by atoms with Gasteiger partial charge in [0, 0.05) is 23.1 Å². The quantitative estimate of drug-likeness (QED) is 0.723. The first-order valence-electron chi connectivity index (χ1n) is 6.06. The van der Waals surface area contributed by atoms with E-state index in [2.05, 4.69) is 17.4 Å². The monoisotopic (exact) mass is 311 g/mol. The predicted molar refractivity (Wildman–Crippen MR) is 87.6 cm³/mol. The minimum absolute atomic E-state index is 0.769. The van der Waals surface area contributed by atoms with Crippen LogP contribution in [-0.4, -0.2) is 12.3 Å². The van der Waals surface area contributed by atoms with Crippen molar-refractivity contribution in [2.45, 2.75) is 5.75 Å². The molecule has 2 rings (SSSR count). The number of nitrogens with one attached hydrogen (secondary N) is 1. The predicted octanol–water partition coefficient (Wildman–Crippen LogP) is 5.34. The summed E-state index contributed by atoms with van der Waals surface area (Å²) in [5, 5.41) is 4.89. The molecule has 100 valence electrons. The van der Waals surface area contributed by atoms with Crippen LogP contribution in [0.1, 0.15) is 5.56 Å². The average Bonchev–Trinajstić information content (AvgIpc) is 2.42. The van der Waals surface area contributed by atoms with Gasteiger partial charge < -0.3 is 5.32 Å². The van der Waals surface area contributed by atoms with Crippen LogP contribution < -0.4 is 5.32 Å². The van der Waals surface area contributed by atoms with Gasteiger partial charge in [0.1, 0.15) is 0 Å². The Morgan fingerprint density at radius 3 is 2.42 bits per heavy atom. The number of halogens is 2. The Morgan fingerprint density at radius 1 is 0.947 bits per heavy atom. The highest BCUT2D eigenvalue weighted by atomic mass is 35.5. The van der Waals surface area contributed by atoms with Crippen LogP contribution in [0.25, 0.3) is 0 Å². The highest BCUT2D eigenvalue weighted by molar-refractivity contribution is 7.98. The molecule has 2 aromatic carbocycles. The molecule has 0 aliphatic heterocycles. The lowest BCUT2D eigenvalue weighted by atomic mass is 10.2. The first kappa shape index (κ1) is 14.6. The van der Waals surface area contributed by atoms with Gasteiger partial charge in [-0.15, -0.1) is 0 Å². The SMILES string of the molecule is Clc1ccc(CSCCNc2ccccc2Cl)cc1. The van der Waals surface area contributed by atoms with Gasteiger partial charge in [-0.25, -0.2) is 0 Å². The third kappa shape index (κ3) is 4.98. The van der Waals surface area contributed by atoms with Gasteiger partial charge in [-0.05, 0) is 29.8 Å². The van der Waals surface area contributed by atoms with E-state index in [1.807, 2.05) is 48.2 Å². The lowest BCUT2D eigenvalue weighted by molar-refractivity contribution is 1.22. The molecule has 0 aromatic heterocycles. The number of benzene rings is 2. The van der Waals surface area contributed by atoms with Crippen LogP contribution >= 0.6 is 35.0 Å². The van der Waals surface area contributed by atoms with Crippen molar-refractivity contribution in [2.75, 3.05) is 17.6 Å². The van der Waals surface area contributed by atoms with Gasteiger partial charge in [0.2, 0.25) is 0 Å². The Hall–Kier alpha value is -0.830. The van der Waals surface area contributed by atoms with E-state index < -0.39 is 0 Å². The van der Waals surface area contributed by atoms with E-state index in [-0.39, 0.29) is 0 Å². The van der Waals surface area contributed by atoms with Crippen LogP contribution in [0.3, 0.4) is 0 Å². The van der Waals surface area contributed by atoms with Crippen molar-refractivity contribution in [3.63, 3.8) is 0 Å². The van der Waals surface area contributed by atoms with Gasteiger partial charge in [0.05, 0.1) is 10.7 Å². The zero-order valence-corrected chi connectivity index (χ0v) is 12.7. The maximum atomic E-state index is 6.07. The van der Waals surface area contributed by atoms with Crippen molar-refractivity contribution in [2.24, 2.45) is 0 Å². The number of rotatable bonds is 6. The molecule has 0 fully saturated rings. The fourth-order valence-electron chi connectivity index (χ4n) is 1.63. The van der Waals surface area contributed by atoms with Crippen molar-refractivity contribution < 1.29 is 0 Å². The molecule has 1 N–H and O–H groups in total. The summed E-state index contributed by atoms with van der Waals surface area (Å²) in [6, 6.07) is 15.8. The summed E-state index contributed by atoms with van der Waals surface area (Å²) >= 11 is 13.8. The summed E-state index contributed by atoms with van der Waals surface area (Å²) in [6.07, 6.45) is 0.